The summed E-state index contributed by atoms with van der Waals surface area (Å²) in [7, 11) is -4.62. The second-order valence-electron chi connectivity index (χ2n) is 15.4. The molecule has 56 heavy (non-hydrogen) atoms. The molecular weight excluding hydrogens is 731 g/mol. The fraction of sp³-hybridized carbons (Fsp3) is 0.867. The minimum atomic E-state index is -4.62. The molecule has 330 valence electrons. The zero-order chi connectivity index (χ0) is 41.2. The van der Waals surface area contributed by atoms with Crippen LogP contribution in [-0.4, -0.2) is 65.7 Å². The Bertz CT molecular complexity index is 988. The van der Waals surface area contributed by atoms with Crippen molar-refractivity contribution in [1.82, 2.24) is 0 Å². The molecule has 3 atom stereocenters. The molecule has 0 radical (unpaired) electrons. The number of rotatable bonds is 43. The smallest absolute Gasteiger partial charge is 0.462 e. The molecule has 0 aromatic rings. The third kappa shape index (κ3) is 40.6. The molecule has 0 aliphatic rings. The predicted molar refractivity (Wildman–Crippen MR) is 228 cm³/mol. The van der Waals surface area contributed by atoms with Gasteiger partial charge in [-0.15, -0.1) is 0 Å². The highest BCUT2D eigenvalue weighted by Crippen LogP contribution is 2.43. The van der Waals surface area contributed by atoms with Crippen molar-refractivity contribution in [3.05, 3.63) is 24.3 Å². The lowest BCUT2D eigenvalue weighted by atomic mass is 10.1. The topological polar surface area (TPSA) is 149 Å². The van der Waals surface area contributed by atoms with Crippen LogP contribution in [0.1, 0.15) is 213 Å². The summed E-state index contributed by atoms with van der Waals surface area (Å²) in [6.45, 7) is 2.38. The molecular formula is C45H85O10P. The summed E-state index contributed by atoms with van der Waals surface area (Å²) in [5.41, 5.74) is 0. The Morgan fingerprint density at radius 2 is 0.875 bits per heavy atom. The first-order valence-corrected chi connectivity index (χ1v) is 24.3. The molecule has 0 amide bonds. The van der Waals surface area contributed by atoms with Gasteiger partial charge in [-0.25, -0.2) is 4.57 Å². The monoisotopic (exact) mass is 817 g/mol. The normalized spacial score (nSPS) is 14.0. The number of allylic oxidation sites excluding steroid dienone is 4. The van der Waals surface area contributed by atoms with Gasteiger partial charge < -0.3 is 24.6 Å². The van der Waals surface area contributed by atoms with E-state index in [0.29, 0.717) is 12.8 Å². The molecule has 10 nitrogen and oxygen atoms in total. The Hall–Kier alpha value is -1.55. The Morgan fingerprint density at radius 1 is 0.518 bits per heavy atom. The van der Waals surface area contributed by atoms with E-state index < -0.39 is 51.8 Å². The first-order valence-electron chi connectivity index (χ1n) is 22.8. The van der Waals surface area contributed by atoms with Crippen LogP contribution in [0.2, 0.25) is 0 Å². The fourth-order valence-electron chi connectivity index (χ4n) is 6.28. The highest BCUT2D eigenvalue weighted by atomic mass is 31.2. The number of phosphoric acid groups is 1. The van der Waals surface area contributed by atoms with Crippen molar-refractivity contribution in [2.75, 3.05) is 26.4 Å². The molecule has 0 aliphatic carbocycles. The van der Waals surface area contributed by atoms with Gasteiger partial charge in [-0.05, 0) is 64.2 Å². The quantitative estimate of drug-likeness (QED) is 0.0235. The van der Waals surface area contributed by atoms with Crippen molar-refractivity contribution in [2.45, 2.75) is 225 Å². The number of hydrogen-bond donors (Lipinski definition) is 3. The molecule has 3 N–H and O–H groups in total. The second-order valence-corrected chi connectivity index (χ2v) is 16.9. The standard InChI is InChI=1S/C45H85O10P/c1-3-5-7-9-11-13-15-17-19-20-21-22-23-25-27-29-31-33-35-37-45(49)55-43(41-54-56(50,51)53-39-42(47)38-46)40-52-44(48)36-34-32-30-28-26-24-18-16-14-12-10-8-6-4-2/h16,18,20-21,42-43,46-47H,3-15,17,19,22-41H2,1-2H3,(H,50,51)/b18-16-,21-20-/t42-,43+/m0/s1. The third-order valence-electron chi connectivity index (χ3n) is 9.83. The highest BCUT2D eigenvalue weighted by Gasteiger charge is 2.27. The minimum Gasteiger partial charge on any atom is -0.462 e. The van der Waals surface area contributed by atoms with Gasteiger partial charge in [0.1, 0.15) is 12.7 Å². The van der Waals surface area contributed by atoms with Gasteiger partial charge in [0.2, 0.25) is 0 Å². The molecule has 0 saturated carbocycles. The van der Waals surface area contributed by atoms with Crippen molar-refractivity contribution in [1.29, 1.82) is 0 Å². The van der Waals surface area contributed by atoms with E-state index in [2.05, 4.69) is 38.2 Å². The molecule has 0 heterocycles. The summed E-state index contributed by atoms with van der Waals surface area (Å²) in [6, 6.07) is 0. The summed E-state index contributed by atoms with van der Waals surface area (Å²) < 4.78 is 32.7. The summed E-state index contributed by atoms with van der Waals surface area (Å²) in [5.74, 6) is -0.933. The van der Waals surface area contributed by atoms with Gasteiger partial charge in [0, 0.05) is 12.8 Å². The van der Waals surface area contributed by atoms with Crippen molar-refractivity contribution in [3.8, 4) is 0 Å². The summed E-state index contributed by atoms with van der Waals surface area (Å²) in [4.78, 5) is 35.0. The lowest BCUT2D eigenvalue weighted by Gasteiger charge is -2.20. The zero-order valence-corrected chi connectivity index (χ0v) is 36.8. The summed E-state index contributed by atoms with van der Waals surface area (Å²) in [6.07, 6.45) is 41.4. The molecule has 0 spiro atoms. The molecule has 11 heteroatoms. The van der Waals surface area contributed by atoms with Gasteiger partial charge in [0.25, 0.3) is 0 Å². The maximum atomic E-state index is 12.6. The van der Waals surface area contributed by atoms with E-state index in [4.69, 9.17) is 23.6 Å². The lowest BCUT2D eigenvalue weighted by molar-refractivity contribution is -0.161. The van der Waals surface area contributed by atoms with E-state index in [0.717, 1.165) is 64.2 Å². The van der Waals surface area contributed by atoms with Gasteiger partial charge in [-0.1, -0.05) is 160 Å². The first-order chi connectivity index (χ1) is 27.2. The second kappa shape index (κ2) is 41.6. The van der Waals surface area contributed by atoms with Crippen LogP contribution in [0.15, 0.2) is 24.3 Å². The van der Waals surface area contributed by atoms with Crippen LogP contribution in [0.4, 0.5) is 0 Å². The van der Waals surface area contributed by atoms with Gasteiger partial charge >= 0.3 is 19.8 Å². The zero-order valence-electron chi connectivity index (χ0n) is 35.9. The molecule has 0 aromatic heterocycles. The van der Waals surface area contributed by atoms with Gasteiger partial charge in [0.15, 0.2) is 6.10 Å². The third-order valence-corrected chi connectivity index (χ3v) is 10.8. The van der Waals surface area contributed by atoms with Crippen LogP contribution in [0.3, 0.4) is 0 Å². The number of carbonyl (C=O) groups is 2. The molecule has 0 rings (SSSR count). The fourth-order valence-corrected chi connectivity index (χ4v) is 7.07. The first kappa shape index (κ1) is 54.5. The van der Waals surface area contributed by atoms with Crippen LogP contribution < -0.4 is 0 Å². The van der Waals surface area contributed by atoms with Crippen LogP contribution in [0.25, 0.3) is 0 Å². The summed E-state index contributed by atoms with van der Waals surface area (Å²) in [5, 5.41) is 18.3. The number of unbranched alkanes of at least 4 members (excludes halogenated alkanes) is 25. The molecule has 0 aromatic carbocycles. The molecule has 0 aliphatic heterocycles. The molecule has 1 unspecified atom stereocenters. The van der Waals surface area contributed by atoms with Crippen LogP contribution in [0, 0.1) is 0 Å². The van der Waals surface area contributed by atoms with Crippen molar-refractivity contribution < 1.29 is 47.8 Å². The summed E-state index contributed by atoms with van der Waals surface area (Å²) >= 11 is 0. The molecule has 0 fully saturated rings. The minimum absolute atomic E-state index is 0.179. The van der Waals surface area contributed by atoms with Crippen LogP contribution in [0.5, 0.6) is 0 Å². The number of aliphatic hydroxyl groups excluding tert-OH is 2. The Kier molecular flexibility index (Phi) is 40.5. The van der Waals surface area contributed by atoms with Gasteiger partial charge in [0.05, 0.1) is 19.8 Å². The maximum Gasteiger partial charge on any atom is 0.472 e. The SMILES string of the molecule is CCCCCCC/C=C\CCCCCCCC(=O)OC[C@H](COP(=O)(O)OC[C@@H](O)CO)OC(=O)CCCCCCCCC/C=C\CCCCCCCCCC. The number of esters is 2. The number of phosphoric ester groups is 1. The lowest BCUT2D eigenvalue weighted by Crippen LogP contribution is -2.29. The average molecular weight is 817 g/mol. The van der Waals surface area contributed by atoms with Gasteiger partial charge in [-0.2, -0.15) is 0 Å². The predicted octanol–water partition coefficient (Wildman–Crippen LogP) is 12.2. The number of carbonyl (C=O) groups excluding carboxylic acids is 2. The average Bonchev–Trinajstić information content (AvgIpc) is 3.19. The maximum absolute atomic E-state index is 12.6. The van der Waals surface area contributed by atoms with Crippen LogP contribution in [-0.2, 0) is 32.7 Å². The Balaban J connectivity index is 4.26. The largest absolute Gasteiger partial charge is 0.472 e. The Labute approximate surface area is 342 Å². The van der Waals surface area contributed by atoms with Gasteiger partial charge in [-0.3, -0.25) is 18.6 Å². The van der Waals surface area contributed by atoms with E-state index >= 15 is 0 Å². The molecule has 0 bridgehead atoms. The Morgan fingerprint density at radius 3 is 1.29 bits per heavy atom. The molecule has 0 saturated heterocycles. The van der Waals surface area contributed by atoms with E-state index in [1.54, 1.807) is 0 Å². The van der Waals surface area contributed by atoms with Crippen LogP contribution >= 0.6 is 7.82 Å². The number of ether oxygens (including phenoxy) is 2. The van der Waals surface area contributed by atoms with E-state index in [-0.39, 0.29) is 19.4 Å². The van der Waals surface area contributed by atoms with Crippen molar-refractivity contribution >= 4 is 19.8 Å². The number of aliphatic hydroxyl groups is 2. The number of hydrogen-bond acceptors (Lipinski definition) is 9. The van der Waals surface area contributed by atoms with E-state index in [9.17, 15) is 24.2 Å². The van der Waals surface area contributed by atoms with Crippen molar-refractivity contribution in [2.24, 2.45) is 0 Å². The van der Waals surface area contributed by atoms with Crippen molar-refractivity contribution in [3.63, 3.8) is 0 Å². The van der Waals surface area contributed by atoms with E-state index in [1.165, 1.54) is 109 Å². The highest BCUT2D eigenvalue weighted by molar-refractivity contribution is 7.47. The van der Waals surface area contributed by atoms with E-state index in [1.807, 2.05) is 0 Å².